The number of nitrogens with zero attached hydrogens (tertiary/aromatic N) is 1. The van der Waals surface area contributed by atoms with Crippen LogP contribution < -0.4 is 0 Å². The van der Waals surface area contributed by atoms with Crippen LogP contribution in [0.2, 0.25) is 0 Å². The van der Waals surface area contributed by atoms with Gasteiger partial charge in [-0.1, -0.05) is 434 Å². The lowest BCUT2D eigenvalue weighted by atomic mass is 10.0. The summed E-state index contributed by atoms with van der Waals surface area (Å²) in [6, 6.07) is 0. The Morgan fingerprint density at radius 1 is 0.314 bits per heavy atom. The maximum Gasteiger partial charge on any atom is 0.472 e. The zero-order chi connectivity index (χ0) is 74.0. The first-order valence-corrected chi connectivity index (χ1v) is 46.5. The van der Waals surface area contributed by atoms with Gasteiger partial charge >= 0.3 is 19.8 Å². The number of hydrogen-bond donors (Lipinski definition) is 1. The zero-order valence-corrected chi connectivity index (χ0v) is 69.8. The number of likely N-dealkylation sites (N-methyl/N-ethyl adjacent to an activating group) is 1. The number of ether oxygens (including phenoxy) is 2. The summed E-state index contributed by atoms with van der Waals surface area (Å²) in [5.74, 6) is -0.768. The number of hydrogen-bond acceptors (Lipinski definition) is 7. The molecule has 600 valence electrons. The van der Waals surface area contributed by atoms with Crippen molar-refractivity contribution in [3.8, 4) is 0 Å². The van der Waals surface area contributed by atoms with Gasteiger partial charge in [-0.2, -0.15) is 0 Å². The van der Waals surface area contributed by atoms with E-state index in [2.05, 4.69) is 74.6 Å². The van der Waals surface area contributed by atoms with Gasteiger partial charge in [0.05, 0.1) is 27.7 Å². The molecule has 0 amide bonds. The molecule has 0 spiro atoms. The largest absolute Gasteiger partial charge is 0.472 e. The predicted octanol–water partition coefficient (Wildman–Crippen LogP) is 30.4. The quantitative estimate of drug-likeness (QED) is 0.0211. The number of quaternary nitrogens is 1. The molecule has 0 fully saturated rings. The van der Waals surface area contributed by atoms with Crippen molar-refractivity contribution in [2.24, 2.45) is 0 Å². The lowest BCUT2D eigenvalue weighted by Gasteiger charge is -2.24. The third-order valence-corrected chi connectivity index (χ3v) is 21.5. The summed E-state index contributed by atoms with van der Waals surface area (Å²) < 4.78 is 34.9. The average molecular weight is 1450 g/mol. The van der Waals surface area contributed by atoms with Crippen molar-refractivity contribution in [2.45, 2.75) is 469 Å². The smallest absolute Gasteiger partial charge is 0.462 e. The Morgan fingerprint density at radius 3 is 0.843 bits per heavy atom. The van der Waals surface area contributed by atoms with Crippen molar-refractivity contribution < 1.29 is 42.1 Å². The summed E-state index contributed by atoms with van der Waals surface area (Å²) in [6.45, 7) is 4.41. The fourth-order valence-electron chi connectivity index (χ4n) is 13.7. The second kappa shape index (κ2) is 82.8. The van der Waals surface area contributed by atoms with Crippen LogP contribution in [0.4, 0.5) is 0 Å². The topological polar surface area (TPSA) is 108 Å². The summed E-state index contributed by atoms with van der Waals surface area (Å²) in [7, 11) is 1.50. The number of carbonyl (C=O) groups excluding carboxylic acids is 2. The van der Waals surface area contributed by atoms with E-state index in [1.807, 2.05) is 21.1 Å². The molecule has 10 heteroatoms. The molecule has 0 aromatic heterocycles. The zero-order valence-electron chi connectivity index (χ0n) is 68.9. The van der Waals surface area contributed by atoms with Gasteiger partial charge < -0.3 is 18.9 Å². The maximum absolute atomic E-state index is 13.0. The van der Waals surface area contributed by atoms with E-state index >= 15 is 0 Å². The monoisotopic (exact) mass is 1450 g/mol. The van der Waals surface area contributed by atoms with Crippen molar-refractivity contribution in [2.75, 3.05) is 47.5 Å². The Bertz CT molecular complexity index is 1910. The number of allylic oxidation sites excluding steroid dienone is 10. The van der Waals surface area contributed by atoms with Crippen LogP contribution in [0, 0.1) is 0 Å². The van der Waals surface area contributed by atoms with Crippen molar-refractivity contribution in [3.63, 3.8) is 0 Å². The molecule has 0 aliphatic carbocycles. The Morgan fingerprint density at radius 2 is 0.559 bits per heavy atom. The number of unbranched alkanes of at least 4 members (excludes halogenated alkanes) is 61. The van der Waals surface area contributed by atoms with Crippen molar-refractivity contribution in [1.82, 2.24) is 0 Å². The van der Waals surface area contributed by atoms with Gasteiger partial charge in [0.15, 0.2) is 6.10 Å². The molecule has 0 aromatic rings. The lowest BCUT2D eigenvalue weighted by molar-refractivity contribution is -0.870. The standard InChI is InChI=1S/C92H174NO8P/c1-6-8-10-12-14-16-18-20-22-24-26-28-30-32-34-36-38-40-42-44-45-46-47-49-51-53-55-57-59-61-63-65-67-69-71-73-75-77-79-81-83-85-92(95)101-90(89-100-102(96,97)99-87-86-93(3,4)5)88-98-91(94)84-82-80-78-76-74-72-70-68-66-64-62-60-58-56-54-52-50-48-43-41-39-37-35-33-31-29-27-25-23-21-19-17-15-13-11-9-7-2/h8,10,14,16,20,22,25-28,90H,6-7,9,11-13,15,17-19,21,23-24,29-89H2,1-5H3/p+1/b10-8-,16-14-,22-20-,27-25-,28-26-. The first-order chi connectivity index (χ1) is 50.0. The van der Waals surface area contributed by atoms with Gasteiger partial charge in [0, 0.05) is 12.8 Å². The fraction of sp³-hybridized carbons (Fsp3) is 0.870. The van der Waals surface area contributed by atoms with E-state index in [-0.39, 0.29) is 25.6 Å². The highest BCUT2D eigenvalue weighted by Crippen LogP contribution is 2.43. The molecule has 0 heterocycles. The first-order valence-electron chi connectivity index (χ1n) is 45.0. The van der Waals surface area contributed by atoms with Crippen LogP contribution in [0.3, 0.4) is 0 Å². The lowest BCUT2D eigenvalue weighted by Crippen LogP contribution is -2.37. The molecular weight excluding hydrogens is 1280 g/mol. The average Bonchev–Trinajstić information content (AvgIpc) is 0.916. The van der Waals surface area contributed by atoms with Crippen LogP contribution in [0.25, 0.3) is 0 Å². The minimum absolute atomic E-state index is 0.0352. The highest BCUT2D eigenvalue weighted by molar-refractivity contribution is 7.47. The molecule has 0 aromatic carbocycles. The van der Waals surface area contributed by atoms with Crippen molar-refractivity contribution in [1.29, 1.82) is 0 Å². The highest BCUT2D eigenvalue weighted by Gasteiger charge is 2.27. The Kier molecular flexibility index (Phi) is 80.9. The van der Waals surface area contributed by atoms with Gasteiger partial charge in [0.25, 0.3) is 0 Å². The summed E-state index contributed by atoms with van der Waals surface area (Å²) in [5, 5.41) is 0. The molecule has 9 nitrogen and oxygen atoms in total. The number of carbonyl (C=O) groups is 2. The summed E-state index contributed by atoms with van der Waals surface area (Å²) in [5.41, 5.74) is 0. The Hall–Kier alpha value is -2.29. The van der Waals surface area contributed by atoms with E-state index in [1.54, 1.807) is 0 Å². The molecule has 1 N–H and O–H groups in total. The summed E-state index contributed by atoms with van der Waals surface area (Å²) in [4.78, 5) is 36.1. The molecule has 0 saturated heterocycles. The van der Waals surface area contributed by atoms with E-state index in [1.165, 1.54) is 372 Å². The Labute approximate surface area is 636 Å². The number of rotatable bonds is 85. The SMILES string of the molecule is CC/C=C\C/C=C\C/C=C\C/C=C\CCCCCCCCCCCCCCCCCCCCCCCCCCCCCCC(=O)OC(COC(=O)CCCCCCCCCCCCCCCCCCCCCCCCCCC/C=C\CCCCCCCCCC)COP(=O)(O)OCC[N+](C)(C)C. The van der Waals surface area contributed by atoms with Crippen molar-refractivity contribution >= 4 is 19.8 Å². The van der Waals surface area contributed by atoms with Crippen LogP contribution in [0.1, 0.15) is 463 Å². The molecule has 0 aliphatic heterocycles. The third-order valence-electron chi connectivity index (χ3n) is 20.5. The fourth-order valence-corrected chi connectivity index (χ4v) is 14.5. The second-order valence-electron chi connectivity index (χ2n) is 32.0. The van der Waals surface area contributed by atoms with Gasteiger partial charge in [-0.25, -0.2) is 4.57 Å². The minimum Gasteiger partial charge on any atom is -0.462 e. The molecule has 0 bridgehead atoms. The maximum atomic E-state index is 13.0. The van der Waals surface area contributed by atoms with Gasteiger partial charge in [-0.3, -0.25) is 18.6 Å². The summed E-state index contributed by atoms with van der Waals surface area (Å²) >= 11 is 0. The van der Waals surface area contributed by atoms with Crippen LogP contribution in [-0.2, 0) is 32.7 Å². The molecular formula is C92H175NO8P+. The first kappa shape index (κ1) is 99.7. The molecule has 0 radical (unpaired) electrons. The van der Waals surface area contributed by atoms with Crippen LogP contribution in [0.15, 0.2) is 60.8 Å². The van der Waals surface area contributed by atoms with Gasteiger partial charge in [0.2, 0.25) is 0 Å². The minimum atomic E-state index is -4.40. The van der Waals surface area contributed by atoms with Crippen LogP contribution in [-0.4, -0.2) is 74.9 Å². The van der Waals surface area contributed by atoms with E-state index in [9.17, 15) is 19.0 Å². The second-order valence-corrected chi connectivity index (χ2v) is 33.4. The van der Waals surface area contributed by atoms with E-state index in [4.69, 9.17) is 18.5 Å². The van der Waals surface area contributed by atoms with Gasteiger partial charge in [0.1, 0.15) is 19.8 Å². The molecule has 0 aliphatic rings. The van der Waals surface area contributed by atoms with Gasteiger partial charge in [-0.15, -0.1) is 0 Å². The highest BCUT2D eigenvalue weighted by atomic mass is 31.2. The Balaban J connectivity index is 3.83. The number of phosphoric ester groups is 1. The van der Waals surface area contributed by atoms with Crippen LogP contribution in [0.5, 0.6) is 0 Å². The predicted molar refractivity (Wildman–Crippen MR) is 446 cm³/mol. The van der Waals surface area contributed by atoms with E-state index < -0.39 is 26.5 Å². The molecule has 0 rings (SSSR count). The number of esters is 2. The van der Waals surface area contributed by atoms with E-state index in [0.29, 0.717) is 23.9 Å². The molecule has 2 unspecified atom stereocenters. The third kappa shape index (κ3) is 86.6. The molecule has 0 saturated carbocycles. The summed E-state index contributed by atoms with van der Waals surface area (Å²) in [6.07, 6.45) is 113. The normalized spacial score (nSPS) is 13.2. The number of phosphoric acid groups is 1. The van der Waals surface area contributed by atoms with Crippen molar-refractivity contribution in [3.05, 3.63) is 60.8 Å². The molecule has 102 heavy (non-hydrogen) atoms. The molecule has 2 atom stereocenters. The van der Waals surface area contributed by atoms with Gasteiger partial charge in [-0.05, 0) is 77.0 Å². The van der Waals surface area contributed by atoms with Crippen LogP contribution >= 0.6 is 7.82 Å². The van der Waals surface area contributed by atoms with E-state index in [0.717, 1.165) is 57.8 Å².